The van der Waals surface area contributed by atoms with Gasteiger partial charge in [-0.2, -0.15) is 0 Å². The van der Waals surface area contributed by atoms with Crippen molar-refractivity contribution in [1.29, 1.82) is 0 Å². The van der Waals surface area contributed by atoms with E-state index in [0.29, 0.717) is 24.7 Å². The van der Waals surface area contributed by atoms with Crippen molar-refractivity contribution in [3.8, 4) is 17.3 Å². The fourth-order valence-electron chi connectivity index (χ4n) is 1.86. The van der Waals surface area contributed by atoms with Crippen molar-refractivity contribution in [1.82, 2.24) is 10.5 Å². The number of nitrogens with zero attached hydrogens (tertiary/aromatic N) is 1. The second-order valence-corrected chi connectivity index (χ2v) is 4.47. The number of aromatic nitrogens is 1. The van der Waals surface area contributed by atoms with Crippen LogP contribution in [-0.2, 0) is 0 Å². The molecule has 2 aromatic heterocycles. The number of benzene rings is 1. The van der Waals surface area contributed by atoms with Crippen LogP contribution in [0.2, 0.25) is 0 Å². The van der Waals surface area contributed by atoms with Gasteiger partial charge in [-0.05, 0) is 24.3 Å². The van der Waals surface area contributed by atoms with Crippen LogP contribution in [0.25, 0.3) is 11.5 Å². The van der Waals surface area contributed by atoms with Gasteiger partial charge >= 0.3 is 0 Å². The van der Waals surface area contributed by atoms with Gasteiger partial charge in [0.25, 0.3) is 5.91 Å². The van der Waals surface area contributed by atoms with Gasteiger partial charge in [0.05, 0.1) is 12.8 Å². The second kappa shape index (κ2) is 6.62. The van der Waals surface area contributed by atoms with Crippen LogP contribution < -0.4 is 10.1 Å². The molecule has 0 saturated carbocycles. The molecule has 1 amide bonds. The second-order valence-electron chi connectivity index (χ2n) is 4.47. The number of carbonyl (C=O) groups excluding carboxylic acids is 1. The summed E-state index contributed by atoms with van der Waals surface area (Å²) in [6.07, 6.45) is 1.53. The normalized spacial score (nSPS) is 10.4. The first-order valence-electron chi connectivity index (χ1n) is 6.79. The standard InChI is InChI=1S/C16H14N2O4/c19-16(17-8-10-20-12-5-2-1-3-6-12)13-11-15(22-18-13)14-7-4-9-21-14/h1-7,9,11H,8,10H2,(H,17,19). The van der Waals surface area contributed by atoms with E-state index in [0.717, 1.165) is 5.75 Å². The Morgan fingerprint density at radius 1 is 1.14 bits per heavy atom. The van der Waals surface area contributed by atoms with Crippen LogP contribution in [0.1, 0.15) is 10.5 Å². The molecule has 6 heteroatoms. The topological polar surface area (TPSA) is 77.5 Å². The molecular formula is C16H14N2O4. The number of hydrogen-bond donors (Lipinski definition) is 1. The molecule has 0 atom stereocenters. The van der Waals surface area contributed by atoms with Crippen molar-refractivity contribution in [3.05, 3.63) is 60.5 Å². The molecule has 1 N–H and O–H groups in total. The Kier molecular flexibility index (Phi) is 4.20. The third kappa shape index (κ3) is 3.35. The minimum atomic E-state index is -0.321. The highest BCUT2D eigenvalue weighted by Gasteiger charge is 2.14. The lowest BCUT2D eigenvalue weighted by Crippen LogP contribution is -2.28. The Morgan fingerprint density at radius 3 is 2.77 bits per heavy atom. The molecule has 112 valence electrons. The number of hydrogen-bond acceptors (Lipinski definition) is 5. The smallest absolute Gasteiger partial charge is 0.273 e. The van der Waals surface area contributed by atoms with E-state index in [-0.39, 0.29) is 11.6 Å². The molecule has 0 radical (unpaired) electrons. The van der Waals surface area contributed by atoms with Gasteiger partial charge in [-0.25, -0.2) is 0 Å². The molecule has 0 saturated heterocycles. The van der Waals surface area contributed by atoms with Crippen molar-refractivity contribution >= 4 is 5.91 Å². The highest BCUT2D eigenvalue weighted by atomic mass is 16.5. The lowest BCUT2D eigenvalue weighted by atomic mass is 10.3. The van der Waals surface area contributed by atoms with Crippen LogP contribution in [0.5, 0.6) is 5.75 Å². The molecule has 6 nitrogen and oxygen atoms in total. The first-order valence-corrected chi connectivity index (χ1v) is 6.79. The first-order chi connectivity index (χ1) is 10.8. The SMILES string of the molecule is O=C(NCCOc1ccccc1)c1cc(-c2ccco2)on1. The maximum Gasteiger partial charge on any atom is 0.273 e. The van der Waals surface area contributed by atoms with E-state index in [2.05, 4.69) is 10.5 Å². The molecule has 0 aliphatic rings. The summed E-state index contributed by atoms with van der Waals surface area (Å²) < 4.78 is 15.7. The van der Waals surface area contributed by atoms with Gasteiger partial charge in [-0.1, -0.05) is 23.4 Å². The highest BCUT2D eigenvalue weighted by molar-refractivity contribution is 5.92. The summed E-state index contributed by atoms with van der Waals surface area (Å²) in [4.78, 5) is 11.9. The zero-order chi connectivity index (χ0) is 15.2. The Labute approximate surface area is 126 Å². The van der Waals surface area contributed by atoms with Gasteiger partial charge in [0, 0.05) is 6.07 Å². The molecule has 2 heterocycles. The average Bonchev–Trinajstić information content (AvgIpc) is 3.22. The van der Waals surface area contributed by atoms with E-state index >= 15 is 0 Å². The predicted octanol–water partition coefficient (Wildman–Crippen LogP) is 2.74. The lowest BCUT2D eigenvalue weighted by molar-refractivity contribution is 0.0938. The molecule has 22 heavy (non-hydrogen) atoms. The van der Waals surface area contributed by atoms with Gasteiger partial charge < -0.3 is 19.0 Å². The van der Waals surface area contributed by atoms with Gasteiger partial charge in [-0.15, -0.1) is 0 Å². The lowest BCUT2D eigenvalue weighted by Gasteiger charge is -2.06. The van der Waals surface area contributed by atoms with Crippen molar-refractivity contribution in [2.24, 2.45) is 0 Å². The van der Waals surface area contributed by atoms with Gasteiger partial charge in [0.2, 0.25) is 5.76 Å². The predicted molar refractivity (Wildman–Crippen MR) is 78.5 cm³/mol. The van der Waals surface area contributed by atoms with Crippen LogP contribution >= 0.6 is 0 Å². The maximum atomic E-state index is 11.9. The molecule has 0 unspecified atom stereocenters. The summed E-state index contributed by atoms with van der Waals surface area (Å²) in [7, 11) is 0. The Hall–Kier alpha value is -3.02. The average molecular weight is 298 g/mol. The van der Waals surface area contributed by atoms with Crippen molar-refractivity contribution in [2.45, 2.75) is 0 Å². The monoisotopic (exact) mass is 298 g/mol. The van der Waals surface area contributed by atoms with Crippen LogP contribution in [0.4, 0.5) is 0 Å². The third-order valence-corrected chi connectivity index (χ3v) is 2.91. The summed E-state index contributed by atoms with van der Waals surface area (Å²) in [5, 5.41) is 6.43. The zero-order valence-electron chi connectivity index (χ0n) is 11.7. The molecule has 3 rings (SSSR count). The molecule has 0 fully saturated rings. The summed E-state index contributed by atoms with van der Waals surface area (Å²) in [5.41, 5.74) is 0.200. The van der Waals surface area contributed by atoms with Crippen LogP contribution in [0, 0.1) is 0 Å². The van der Waals surface area contributed by atoms with Crippen molar-refractivity contribution in [3.63, 3.8) is 0 Å². The Balaban J connectivity index is 1.48. The fraction of sp³-hybridized carbons (Fsp3) is 0.125. The first kappa shape index (κ1) is 13.9. The zero-order valence-corrected chi connectivity index (χ0v) is 11.7. The third-order valence-electron chi connectivity index (χ3n) is 2.91. The quantitative estimate of drug-likeness (QED) is 0.708. The fourth-order valence-corrected chi connectivity index (χ4v) is 1.86. The van der Waals surface area contributed by atoms with E-state index in [4.69, 9.17) is 13.7 Å². The van der Waals surface area contributed by atoms with E-state index in [1.54, 1.807) is 12.1 Å². The van der Waals surface area contributed by atoms with Crippen molar-refractivity contribution in [2.75, 3.05) is 13.2 Å². The molecule has 0 bridgehead atoms. The Morgan fingerprint density at radius 2 is 2.00 bits per heavy atom. The maximum absolute atomic E-state index is 11.9. The number of ether oxygens (including phenoxy) is 1. The van der Waals surface area contributed by atoms with Gasteiger partial charge in [0.15, 0.2) is 11.5 Å². The number of rotatable bonds is 6. The number of amides is 1. The Bertz CT molecular complexity index is 720. The molecule has 3 aromatic rings. The summed E-state index contributed by atoms with van der Waals surface area (Å²) in [5.74, 6) is 1.38. The number of carbonyl (C=O) groups is 1. The van der Waals surface area contributed by atoms with Gasteiger partial charge in [-0.3, -0.25) is 4.79 Å². The summed E-state index contributed by atoms with van der Waals surface area (Å²) in [6.45, 7) is 0.745. The van der Waals surface area contributed by atoms with E-state index in [1.807, 2.05) is 30.3 Å². The number of para-hydroxylation sites is 1. The largest absolute Gasteiger partial charge is 0.492 e. The van der Waals surface area contributed by atoms with Gasteiger partial charge in [0.1, 0.15) is 12.4 Å². The minimum Gasteiger partial charge on any atom is -0.492 e. The summed E-state index contributed by atoms with van der Waals surface area (Å²) in [6, 6.07) is 14.4. The summed E-state index contributed by atoms with van der Waals surface area (Å²) >= 11 is 0. The van der Waals surface area contributed by atoms with E-state index < -0.39 is 0 Å². The van der Waals surface area contributed by atoms with Crippen molar-refractivity contribution < 1.29 is 18.5 Å². The number of nitrogens with one attached hydrogen (secondary N) is 1. The van der Waals surface area contributed by atoms with E-state index in [1.165, 1.54) is 12.3 Å². The molecular weight excluding hydrogens is 284 g/mol. The molecule has 0 spiro atoms. The van der Waals surface area contributed by atoms with Crippen LogP contribution in [0.3, 0.4) is 0 Å². The molecule has 0 aliphatic carbocycles. The van der Waals surface area contributed by atoms with E-state index in [9.17, 15) is 4.79 Å². The highest BCUT2D eigenvalue weighted by Crippen LogP contribution is 2.20. The molecule has 1 aromatic carbocycles. The number of furan rings is 1. The van der Waals surface area contributed by atoms with Crippen LogP contribution in [0.15, 0.2) is 63.7 Å². The minimum absolute atomic E-state index is 0.200. The van der Waals surface area contributed by atoms with Crippen LogP contribution in [-0.4, -0.2) is 24.2 Å². The molecule has 0 aliphatic heterocycles.